The summed E-state index contributed by atoms with van der Waals surface area (Å²) in [6.45, 7) is 9.72. The van der Waals surface area contributed by atoms with Gasteiger partial charge < -0.3 is 31.0 Å². The van der Waals surface area contributed by atoms with Gasteiger partial charge in [-0.25, -0.2) is 4.39 Å². The number of methoxy groups -OCH3 is 1. The molecule has 0 spiro atoms. The monoisotopic (exact) mass is 531 g/mol. The Morgan fingerprint density at radius 1 is 1.05 bits per heavy atom. The average Bonchev–Trinajstić information content (AvgIpc) is 3.32. The highest BCUT2D eigenvalue weighted by Crippen LogP contribution is 2.35. The van der Waals surface area contributed by atoms with Crippen LogP contribution in [0.15, 0.2) is 54.9 Å². The number of carbonyl (C=O) groups is 1. The van der Waals surface area contributed by atoms with Crippen molar-refractivity contribution in [3.8, 4) is 5.75 Å². The van der Waals surface area contributed by atoms with E-state index in [9.17, 15) is 9.18 Å². The standard InChI is InChI=1S/C29H34FN7O2/c1-18(2)17-36-8-10-37(11-9-36)20-5-7-23(27(13-20)39-3)34-28-14-22-25(15-32-16-26(22)35-28)33-24-12-19(30)4-6-21(24)29(31)38/h4-7,12-16,18,33-35H,8-11,17H2,1-3H3,(H2,31,38). The van der Waals surface area contributed by atoms with E-state index >= 15 is 0 Å². The van der Waals surface area contributed by atoms with E-state index < -0.39 is 11.7 Å². The van der Waals surface area contributed by atoms with Gasteiger partial charge in [0.15, 0.2) is 0 Å². The minimum absolute atomic E-state index is 0.188. The Bertz CT molecular complexity index is 1480. The number of benzene rings is 2. The molecule has 0 unspecified atom stereocenters. The number of halogens is 1. The number of piperazine rings is 1. The molecular formula is C29H34FN7O2. The lowest BCUT2D eigenvalue weighted by Gasteiger charge is -2.37. The summed E-state index contributed by atoms with van der Waals surface area (Å²) in [5.41, 5.74) is 9.25. The predicted octanol–water partition coefficient (Wildman–Crippen LogP) is 5.07. The second-order valence-electron chi connectivity index (χ2n) is 10.2. The van der Waals surface area contributed by atoms with Gasteiger partial charge in [-0.1, -0.05) is 13.8 Å². The fourth-order valence-electron chi connectivity index (χ4n) is 5.03. The lowest BCUT2D eigenvalue weighted by atomic mass is 10.1. The SMILES string of the molecule is COc1cc(N2CCN(CC(C)C)CC2)ccc1Nc1cc2c(Nc3cc(F)ccc3C(N)=O)cncc2[nH]1. The van der Waals surface area contributed by atoms with Gasteiger partial charge in [0.25, 0.3) is 5.91 Å². The van der Waals surface area contributed by atoms with Crippen LogP contribution in [0.3, 0.4) is 0 Å². The molecule has 0 saturated carbocycles. The molecule has 39 heavy (non-hydrogen) atoms. The second-order valence-corrected chi connectivity index (χ2v) is 10.2. The topological polar surface area (TPSA) is 112 Å². The summed E-state index contributed by atoms with van der Waals surface area (Å²) in [7, 11) is 1.66. The van der Waals surface area contributed by atoms with Crippen LogP contribution in [0.1, 0.15) is 24.2 Å². The Morgan fingerprint density at radius 2 is 1.85 bits per heavy atom. The van der Waals surface area contributed by atoms with Crippen molar-refractivity contribution in [1.82, 2.24) is 14.9 Å². The normalized spacial score (nSPS) is 14.1. The van der Waals surface area contributed by atoms with Gasteiger partial charge in [0.2, 0.25) is 0 Å². The van der Waals surface area contributed by atoms with Gasteiger partial charge >= 0.3 is 0 Å². The minimum atomic E-state index is -0.651. The molecule has 0 bridgehead atoms. The number of primary amides is 1. The lowest BCUT2D eigenvalue weighted by Crippen LogP contribution is -2.47. The number of nitrogens with two attached hydrogens (primary N) is 1. The molecule has 10 heteroatoms. The summed E-state index contributed by atoms with van der Waals surface area (Å²) >= 11 is 0. The predicted molar refractivity (Wildman–Crippen MR) is 154 cm³/mol. The quantitative estimate of drug-likeness (QED) is 0.238. The van der Waals surface area contributed by atoms with Crippen LogP contribution >= 0.6 is 0 Å². The molecule has 1 fully saturated rings. The number of anilines is 5. The van der Waals surface area contributed by atoms with Crippen LogP contribution in [0, 0.1) is 11.7 Å². The van der Waals surface area contributed by atoms with E-state index in [1.54, 1.807) is 19.5 Å². The number of hydrogen-bond donors (Lipinski definition) is 4. The van der Waals surface area contributed by atoms with Crippen molar-refractivity contribution in [2.45, 2.75) is 13.8 Å². The minimum Gasteiger partial charge on any atom is -0.494 e. The van der Waals surface area contributed by atoms with Crippen LogP contribution in [0.4, 0.5) is 33.0 Å². The van der Waals surface area contributed by atoms with Gasteiger partial charge in [-0.2, -0.15) is 0 Å². The van der Waals surface area contributed by atoms with Crippen molar-refractivity contribution in [3.63, 3.8) is 0 Å². The molecule has 4 aromatic rings. The summed E-state index contributed by atoms with van der Waals surface area (Å²) in [4.78, 5) is 24.4. The largest absolute Gasteiger partial charge is 0.494 e. The maximum atomic E-state index is 13.9. The van der Waals surface area contributed by atoms with Crippen LogP contribution in [-0.2, 0) is 0 Å². The summed E-state index contributed by atoms with van der Waals surface area (Å²) in [5, 5.41) is 7.32. The van der Waals surface area contributed by atoms with E-state index in [1.807, 2.05) is 12.1 Å². The zero-order valence-electron chi connectivity index (χ0n) is 22.4. The number of aromatic amines is 1. The Labute approximate surface area is 227 Å². The highest BCUT2D eigenvalue weighted by Gasteiger charge is 2.19. The van der Waals surface area contributed by atoms with Crippen molar-refractivity contribution in [2.75, 3.05) is 55.4 Å². The first-order valence-electron chi connectivity index (χ1n) is 13.1. The van der Waals surface area contributed by atoms with E-state index in [0.29, 0.717) is 11.6 Å². The van der Waals surface area contributed by atoms with Crippen molar-refractivity contribution >= 4 is 45.4 Å². The van der Waals surface area contributed by atoms with E-state index in [1.165, 1.54) is 18.2 Å². The van der Waals surface area contributed by atoms with Gasteiger partial charge in [-0.15, -0.1) is 0 Å². The Balaban J connectivity index is 1.35. The van der Waals surface area contributed by atoms with Crippen molar-refractivity contribution < 1.29 is 13.9 Å². The van der Waals surface area contributed by atoms with Gasteiger partial charge in [0.1, 0.15) is 17.4 Å². The third kappa shape index (κ3) is 5.91. The first-order valence-corrected chi connectivity index (χ1v) is 13.1. The van der Waals surface area contributed by atoms with Crippen LogP contribution in [-0.4, -0.2) is 60.6 Å². The molecule has 5 rings (SSSR count). The number of H-pyrrole nitrogens is 1. The summed E-state index contributed by atoms with van der Waals surface area (Å²) < 4.78 is 19.6. The third-order valence-electron chi connectivity index (χ3n) is 6.88. The first-order chi connectivity index (χ1) is 18.8. The van der Waals surface area contributed by atoms with E-state index in [-0.39, 0.29) is 11.3 Å². The molecular weight excluding hydrogens is 497 g/mol. The summed E-state index contributed by atoms with van der Waals surface area (Å²) in [5.74, 6) is 0.999. The van der Waals surface area contributed by atoms with Crippen molar-refractivity contribution in [2.24, 2.45) is 11.7 Å². The number of ether oxygens (including phenoxy) is 1. The number of aromatic nitrogens is 2. The number of carbonyl (C=O) groups excluding carboxylic acids is 1. The number of hydrogen-bond acceptors (Lipinski definition) is 7. The first kappa shape index (κ1) is 26.3. The number of rotatable bonds is 9. The maximum Gasteiger partial charge on any atom is 0.250 e. The molecule has 9 nitrogen and oxygen atoms in total. The fraction of sp³-hybridized carbons (Fsp3) is 0.310. The molecule has 3 heterocycles. The number of amides is 1. The number of fused-ring (bicyclic) bond motifs is 1. The van der Waals surface area contributed by atoms with Crippen LogP contribution in [0.5, 0.6) is 5.75 Å². The fourth-order valence-corrected chi connectivity index (χ4v) is 5.03. The van der Waals surface area contributed by atoms with E-state index in [4.69, 9.17) is 10.5 Å². The molecule has 0 radical (unpaired) electrons. The molecule has 1 aliphatic heterocycles. The smallest absolute Gasteiger partial charge is 0.250 e. The van der Waals surface area contributed by atoms with Crippen molar-refractivity contribution in [3.05, 3.63) is 66.2 Å². The van der Waals surface area contributed by atoms with Crippen molar-refractivity contribution in [1.29, 1.82) is 0 Å². The molecule has 1 saturated heterocycles. The van der Waals surface area contributed by atoms with E-state index in [2.05, 4.69) is 56.4 Å². The Morgan fingerprint density at radius 3 is 2.56 bits per heavy atom. The average molecular weight is 532 g/mol. The molecule has 2 aromatic carbocycles. The van der Waals surface area contributed by atoms with Gasteiger partial charge in [-0.05, 0) is 42.3 Å². The molecule has 2 aromatic heterocycles. The van der Waals surface area contributed by atoms with Gasteiger partial charge in [0, 0.05) is 49.9 Å². The van der Waals surface area contributed by atoms with Crippen LogP contribution in [0.2, 0.25) is 0 Å². The molecule has 1 aliphatic rings. The van der Waals surface area contributed by atoms with Crippen LogP contribution in [0.25, 0.3) is 10.9 Å². The molecule has 1 amide bonds. The number of pyridine rings is 1. The van der Waals surface area contributed by atoms with Gasteiger partial charge in [-0.3, -0.25) is 14.7 Å². The zero-order chi connectivity index (χ0) is 27.5. The summed E-state index contributed by atoms with van der Waals surface area (Å²) in [6, 6.07) is 11.9. The highest BCUT2D eigenvalue weighted by atomic mass is 19.1. The zero-order valence-corrected chi connectivity index (χ0v) is 22.4. The highest BCUT2D eigenvalue weighted by molar-refractivity contribution is 6.02. The second kappa shape index (κ2) is 11.2. The molecule has 0 aliphatic carbocycles. The number of nitrogens with one attached hydrogen (secondary N) is 3. The lowest BCUT2D eigenvalue weighted by molar-refractivity contribution is 0.100. The molecule has 0 atom stereocenters. The molecule has 204 valence electrons. The van der Waals surface area contributed by atoms with Crippen LogP contribution < -0.4 is 26.0 Å². The maximum absolute atomic E-state index is 13.9. The molecule has 5 N–H and O–H groups in total. The summed E-state index contributed by atoms with van der Waals surface area (Å²) in [6.07, 6.45) is 3.32. The Hall–Kier alpha value is -4.31. The van der Waals surface area contributed by atoms with E-state index in [0.717, 1.165) is 66.6 Å². The number of nitrogens with zero attached hydrogens (tertiary/aromatic N) is 3. The third-order valence-corrected chi connectivity index (χ3v) is 6.88. The Kier molecular flexibility index (Phi) is 7.56. The van der Waals surface area contributed by atoms with Gasteiger partial charge in [0.05, 0.1) is 47.6 Å².